The first-order valence-electron chi connectivity index (χ1n) is 9.43. The molecular weight excluding hydrogens is 372 g/mol. The molecule has 1 aliphatic rings. The van der Waals surface area contributed by atoms with Crippen molar-refractivity contribution in [2.24, 2.45) is 0 Å². The minimum absolute atomic E-state index is 0.0193. The van der Waals surface area contributed by atoms with Crippen LogP contribution in [-0.2, 0) is 10.2 Å². The molecule has 2 aromatic carbocycles. The van der Waals surface area contributed by atoms with Crippen molar-refractivity contribution < 1.29 is 19.4 Å². The van der Waals surface area contributed by atoms with E-state index >= 15 is 0 Å². The smallest absolute Gasteiger partial charge is 0.339 e. The summed E-state index contributed by atoms with van der Waals surface area (Å²) < 4.78 is 5.31. The lowest BCUT2D eigenvalue weighted by molar-refractivity contribution is 0.0515. The van der Waals surface area contributed by atoms with Gasteiger partial charge in [0, 0.05) is 9.64 Å². The molecule has 0 aromatic heterocycles. The molecule has 0 bridgehead atoms. The van der Waals surface area contributed by atoms with Gasteiger partial charge in [0.2, 0.25) is 0 Å². The topological polar surface area (TPSA) is 63.6 Å². The molecule has 0 saturated carbocycles. The number of carboxylic acids is 1. The highest BCUT2D eigenvalue weighted by Gasteiger charge is 2.38. The van der Waals surface area contributed by atoms with E-state index in [0.29, 0.717) is 5.56 Å². The van der Waals surface area contributed by atoms with Gasteiger partial charge in [-0.1, -0.05) is 45.9 Å². The number of fused-ring (bicyclic) bond motifs is 1. The Morgan fingerprint density at radius 2 is 1.86 bits per heavy atom. The van der Waals surface area contributed by atoms with E-state index in [1.165, 1.54) is 16.5 Å². The number of carboxylic acid groups (broad SMARTS) is 1. The molecule has 1 aliphatic heterocycles. The number of thioether (sulfide) groups is 1. The molecule has 2 aromatic rings. The van der Waals surface area contributed by atoms with Gasteiger partial charge in [-0.2, -0.15) is 0 Å². The van der Waals surface area contributed by atoms with Gasteiger partial charge in [-0.25, -0.2) is 9.59 Å². The van der Waals surface area contributed by atoms with Gasteiger partial charge in [-0.3, -0.25) is 0 Å². The highest BCUT2D eigenvalue weighted by molar-refractivity contribution is 8.00. The summed E-state index contributed by atoms with van der Waals surface area (Å²) in [6.45, 7) is 10.9. The Bertz CT molecular complexity index is 944. The van der Waals surface area contributed by atoms with Crippen LogP contribution in [0.5, 0.6) is 0 Å². The van der Waals surface area contributed by atoms with Crippen LogP contribution in [0.1, 0.15) is 67.3 Å². The third-order valence-electron chi connectivity index (χ3n) is 5.05. The molecule has 0 radical (unpaired) electrons. The number of carbonyl (C=O) groups excluding carboxylic acids is 1. The zero-order valence-electron chi connectivity index (χ0n) is 17.0. The number of carbonyl (C=O) groups is 2. The lowest BCUT2D eigenvalue weighted by Gasteiger charge is -2.42. The number of esters is 1. The van der Waals surface area contributed by atoms with Gasteiger partial charge in [0.1, 0.15) is 0 Å². The van der Waals surface area contributed by atoms with Gasteiger partial charge < -0.3 is 9.84 Å². The Morgan fingerprint density at radius 3 is 2.50 bits per heavy atom. The minimum Gasteiger partial charge on any atom is -0.478 e. The van der Waals surface area contributed by atoms with Crippen LogP contribution in [0.4, 0.5) is 0 Å². The Balaban J connectivity index is 2.19. The summed E-state index contributed by atoms with van der Waals surface area (Å²) in [5, 5.41) is 9.58. The quantitative estimate of drug-likeness (QED) is 0.661. The van der Waals surface area contributed by atoms with Crippen molar-refractivity contribution in [1.29, 1.82) is 0 Å². The Morgan fingerprint density at radius 1 is 1.14 bits per heavy atom. The lowest BCUT2D eigenvalue weighted by atomic mass is 9.76. The highest BCUT2D eigenvalue weighted by atomic mass is 32.2. The highest BCUT2D eigenvalue weighted by Crippen LogP contribution is 2.51. The molecule has 1 heterocycles. The predicted octanol–water partition coefficient (Wildman–Crippen LogP) is 5.78. The molecule has 4 nitrogen and oxygen atoms in total. The third-order valence-corrected chi connectivity index (χ3v) is 6.32. The molecule has 0 unspecified atom stereocenters. The maximum Gasteiger partial charge on any atom is 0.339 e. The van der Waals surface area contributed by atoms with Crippen LogP contribution in [0.3, 0.4) is 0 Å². The number of benzene rings is 2. The van der Waals surface area contributed by atoms with Crippen molar-refractivity contribution in [1.82, 2.24) is 0 Å². The van der Waals surface area contributed by atoms with Crippen LogP contribution < -0.4 is 0 Å². The van der Waals surface area contributed by atoms with E-state index in [0.717, 1.165) is 12.0 Å². The summed E-state index contributed by atoms with van der Waals surface area (Å²) in [6, 6.07) is 11.0. The fraction of sp³-hybridized carbons (Fsp3) is 0.391. The molecule has 0 spiro atoms. The van der Waals surface area contributed by atoms with E-state index in [-0.39, 0.29) is 27.9 Å². The number of ether oxygens (including phenoxy) is 1. The molecule has 0 amide bonds. The molecule has 0 fully saturated rings. The summed E-state index contributed by atoms with van der Waals surface area (Å²) in [5.41, 5.74) is 2.70. The molecule has 3 rings (SSSR count). The zero-order chi connectivity index (χ0) is 20.7. The first-order valence-corrected chi connectivity index (χ1v) is 10.2. The molecular formula is C23H26O4S. The number of hydrogen-bond acceptors (Lipinski definition) is 4. The van der Waals surface area contributed by atoms with Gasteiger partial charge in [0.05, 0.1) is 17.7 Å². The Labute approximate surface area is 170 Å². The van der Waals surface area contributed by atoms with E-state index in [4.69, 9.17) is 4.74 Å². The number of hydrogen-bond donors (Lipinski definition) is 1. The second-order valence-corrected chi connectivity index (χ2v) is 10.1. The fourth-order valence-corrected chi connectivity index (χ4v) is 5.81. The maximum absolute atomic E-state index is 12.6. The SMILES string of the molecule is CCOC(=O)c1c(C(=O)O)cccc1-c1ccc2c(c1)C(C)(C)CC(C)(C)S2. The molecule has 0 saturated heterocycles. The van der Waals surface area contributed by atoms with Crippen LogP contribution in [0.15, 0.2) is 41.3 Å². The molecule has 1 N–H and O–H groups in total. The van der Waals surface area contributed by atoms with Crippen molar-refractivity contribution >= 4 is 23.7 Å². The second kappa shape index (κ2) is 7.28. The van der Waals surface area contributed by atoms with Gasteiger partial charge >= 0.3 is 11.9 Å². The van der Waals surface area contributed by atoms with Crippen LogP contribution in [0.25, 0.3) is 11.1 Å². The van der Waals surface area contributed by atoms with E-state index in [1.807, 2.05) is 17.8 Å². The van der Waals surface area contributed by atoms with Crippen LogP contribution >= 0.6 is 11.8 Å². The normalized spacial score (nSPS) is 16.9. The fourth-order valence-electron chi connectivity index (χ4n) is 4.20. The average Bonchev–Trinajstić information content (AvgIpc) is 2.59. The summed E-state index contributed by atoms with van der Waals surface area (Å²) in [5.74, 6) is -1.75. The predicted molar refractivity (Wildman–Crippen MR) is 112 cm³/mol. The summed E-state index contributed by atoms with van der Waals surface area (Å²) in [4.78, 5) is 25.5. The van der Waals surface area contributed by atoms with Gasteiger partial charge in [-0.05, 0) is 53.6 Å². The van der Waals surface area contributed by atoms with Gasteiger partial charge in [-0.15, -0.1) is 11.8 Å². The van der Waals surface area contributed by atoms with Crippen molar-refractivity contribution in [3.63, 3.8) is 0 Å². The average molecular weight is 399 g/mol. The van der Waals surface area contributed by atoms with Crippen LogP contribution in [0.2, 0.25) is 0 Å². The molecule has 5 heteroatoms. The lowest BCUT2D eigenvalue weighted by Crippen LogP contribution is -2.33. The second-order valence-electron chi connectivity index (χ2n) is 8.39. The zero-order valence-corrected chi connectivity index (χ0v) is 17.8. The minimum atomic E-state index is -1.14. The largest absolute Gasteiger partial charge is 0.478 e. The van der Waals surface area contributed by atoms with E-state index in [1.54, 1.807) is 19.1 Å². The monoisotopic (exact) mass is 398 g/mol. The van der Waals surface area contributed by atoms with Crippen molar-refractivity contribution in [2.75, 3.05) is 6.61 Å². The van der Waals surface area contributed by atoms with Gasteiger partial charge in [0.25, 0.3) is 0 Å². The molecule has 0 aliphatic carbocycles. The number of rotatable bonds is 4. The van der Waals surface area contributed by atoms with Crippen LogP contribution in [0, 0.1) is 0 Å². The molecule has 28 heavy (non-hydrogen) atoms. The first-order chi connectivity index (χ1) is 13.1. The Hall–Kier alpha value is -2.27. The standard InChI is InChI=1S/C23H26O4S/c1-6-27-21(26)19-15(8-7-9-16(19)20(24)25)14-10-11-18-17(12-14)22(2,3)13-23(4,5)28-18/h7-12H,6,13H2,1-5H3,(H,24,25). The van der Waals surface area contributed by atoms with Crippen molar-refractivity contribution in [3.05, 3.63) is 53.1 Å². The van der Waals surface area contributed by atoms with E-state index in [9.17, 15) is 14.7 Å². The number of aromatic carboxylic acids is 1. The van der Waals surface area contributed by atoms with Crippen LogP contribution in [-0.4, -0.2) is 28.4 Å². The third kappa shape index (κ3) is 3.81. The van der Waals surface area contributed by atoms with Gasteiger partial charge in [0.15, 0.2) is 0 Å². The summed E-state index contributed by atoms with van der Waals surface area (Å²) >= 11 is 1.86. The van der Waals surface area contributed by atoms with E-state index in [2.05, 4.69) is 39.8 Å². The van der Waals surface area contributed by atoms with Crippen molar-refractivity contribution in [3.8, 4) is 11.1 Å². The Kier molecular flexibility index (Phi) is 5.32. The van der Waals surface area contributed by atoms with Crippen molar-refractivity contribution in [2.45, 2.75) is 56.1 Å². The molecule has 148 valence electrons. The maximum atomic E-state index is 12.6. The summed E-state index contributed by atoms with van der Waals surface area (Å²) in [6.07, 6.45) is 1.03. The molecule has 0 atom stereocenters. The van der Waals surface area contributed by atoms with E-state index < -0.39 is 11.9 Å². The first kappa shape index (κ1) is 20.5. The summed E-state index contributed by atoms with van der Waals surface area (Å²) in [7, 11) is 0.